The Balaban J connectivity index is 0.000000377. The maximum absolute atomic E-state index is 13.2. The molecule has 2 bridgehead atoms. The number of likely N-dealkylation sites (N-methyl/N-ethyl adjacent to an activating group) is 1. The number of fused-ring (bicyclic) bond motifs is 2. The van der Waals surface area contributed by atoms with Crippen molar-refractivity contribution in [1.29, 1.82) is 0 Å². The van der Waals surface area contributed by atoms with Crippen LogP contribution in [0.3, 0.4) is 0 Å². The average molecular weight is 728 g/mol. The minimum absolute atomic E-state index is 0.0867. The van der Waals surface area contributed by atoms with Gasteiger partial charge < -0.3 is 25.2 Å². The number of anilines is 1. The highest BCUT2D eigenvalue weighted by atomic mass is 35.5. The van der Waals surface area contributed by atoms with E-state index < -0.39 is 11.0 Å². The summed E-state index contributed by atoms with van der Waals surface area (Å²) in [6, 6.07) is 12.0. The molecule has 3 heterocycles. The zero-order chi connectivity index (χ0) is 35.5. The number of halogens is 1. The van der Waals surface area contributed by atoms with Crippen LogP contribution in [0.2, 0.25) is 5.02 Å². The molecule has 8 nitrogen and oxygen atoms in total. The van der Waals surface area contributed by atoms with Crippen LogP contribution in [0, 0.1) is 17.8 Å². The third-order valence-electron chi connectivity index (χ3n) is 11.4. The van der Waals surface area contributed by atoms with Crippen LogP contribution in [0.4, 0.5) is 5.69 Å². The van der Waals surface area contributed by atoms with Gasteiger partial charge in [-0.3, -0.25) is 9.52 Å². The lowest BCUT2D eigenvalue weighted by Gasteiger charge is -2.41. The van der Waals surface area contributed by atoms with Crippen LogP contribution in [-0.4, -0.2) is 86.3 Å². The summed E-state index contributed by atoms with van der Waals surface area (Å²) in [5, 5.41) is 7.46. The summed E-state index contributed by atoms with van der Waals surface area (Å²) in [5.41, 5.74) is 4.11. The minimum atomic E-state index is -1.43. The summed E-state index contributed by atoms with van der Waals surface area (Å²) in [6.07, 6.45) is 10.6. The van der Waals surface area contributed by atoms with Crippen LogP contribution < -0.4 is 25.0 Å². The summed E-state index contributed by atoms with van der Waals surface area (Å²) in [6.45, 7) is 15.6. The summed E-state index contributed by atoms with van der Waals surface area (Å²) in [4.78, 5) is 18.1. The Morgan fingerprint density at radius 3 is 2.46 bits per heavy atom. The van der Waals surface area contributed by atoms with E-state index in [2.05, 4.69) is 58.2 Å². The van der Waals surface area contributed by atoms with Crippen molar-refractivity contribution in [2.24, 2.45) is 17.8 Å². The summed E-state index contributed by atoms with van der Waals surface area (Å²) in [7, 11) is 0.757. The second-order valence-corrected chi connectivity index (χ2v) is 17.1. The third kappa shape index (κ3) is 10.9. The van der Waals surface area contributed by atoms with Gasteiger partial charge in [0.2, 0.25) is 0 Å². The Morgan fingerprint density at radius 2 is 1.68 bits per heavy atom. The molecule has 0 spiro atoms. The fourth-order valence-electron chi connectivity index (χ4n) is 7.84. The summed E-state index contributed by atoms with van der Waals surface area (Å²) in [5.74, 6) is 2.45. The van der Waals surface area contributed by atoms with Gasteiger partial charge >= 0.3 is 0 Å². The molecule has 4 aliphatic rings. The van der Waals surface area contributed by atoms with Crippen LogP contribution in [0.15, 0.2) is 36.4 Å². The van der Waals surface area contributed by atoms with Crippen molar-refractivity contribution in [1.82, 2.24) is 20.3 Å². The first-order valence-electron chi connectivity index (χ1n) is 19.3. The van der Waals surface area contributed by atoms with Crippen molar-refractivity contribution >= 4 is 34.2 Å². The van der Waals surface area contributed by atoms with Gasteiger partial charge in [0, 0.05) is 55.8 Å². The number of carbonyl (C=O) groups excluding carboxylic acids is 1. The van der Waals surface area contributed by atoms with E-state index in [-0.39, 0.29) is 17.1 Å². The zero-order valence-electron chi connectivity index (χ0n) is 31.0. The fourth-order valence-corrected chi connectivity index (χ4v) is 9.08. The molecule has 0 aromatic heterocycles. The van der Waals surface area contributed by atoms with E-state index in [9.17, 15) is 9.00 Å². The Labute approximate surface area is 309 Å². The van der Waals surface area contributed by atoms with E-state index in [0.717, 1.165) is 87.3 Å². The zero-order valence-corrected chi connectivity index (χ0v) is 32.6. The fraction of sp³-hybridized carbons (Fsp3) is 0.675. The van der Waals surface area contributed by atoms with Crippen LogP contribution >= 0.6 is 11.6 Å². The number of carbonyl (C=O) groups is 1. The number of aryl methyl sites for hydroxylation is 1. The van der Waals surface area contributed by atoms with Gasteiger partial charge in [-0.1, -0.05) is 57.2 Å². The molecule has 1 saturated carbocycles. The minimum Gasteiger partial charge on any atom is -0.491 e. The Hall–Kier alpha value is -2.17. The van der Waals surface area contributed by atoms with Gasteiger partial charge in [-0.2, -0.15) is 0 Å². The van der Waals surface area contributed by atoms with E-state index in [0.29, 0.717) is 24.0 Å². The molecular formula is C40H62ClN5O3S. The van der Waals surface area contributed by atoms with Gasteiger partial charge in [0.15, 0.2) is 0 Å². The molecule has 1 aliphatic carbocycles. The van der Waals surface area contributed by atoms with Crippen LogP contribution in [0.5, 0.6) is 5.75 Å². The van der Waals surface area contributed by atoms with Gasteiger partial charge in [-0.25, -0.2) is 4.21 Å². The lowest BCUT2D eigenvalue weighted by atomic mass is 9.70. The molecule has 1 saturated heterocycles. The molecule has 1 amide bonds. The molecule has 50 heavy (non-hydrogen) atoms. The predicted molar refractivity (Wildman–Crippen MR) is 209 cm³/mol. The molecule has 278 valence electrons. The first-order valence-corrected chi connectivity index (χ1v) is 20.9. The Morgan fingerprint density at radius 1 is 0.900 bits per heavy atom. The maximum Gasteiger partial charge on any atom is 0.263 e. The van der Waals surface area contributed by atoms with E-state index in [1.807, 2.05) is 25.1 Å². The number of hydrogen-bond acceptors (Lipinski definition) is 7. The molecule has 3 aliphatic heterocycles. The van der Waals surface area contributed by atoms with Crippen molar-refractivity contribution in [3.05, 3.63) is 58.1 Å². The van der Waals surface area contributed by atoms with E-state index in [1.54, 1.807) is 6.07 Å². The van der Waals surface area contributed by atoms with Gasteiger partial charge in [0.25, 0.3) is 5.91 Å². The third-order valence-corrected chi connectivity index (χ3v) is 13.2. The number of rotatable bonds is 3. The first-order chi connectivity index (χ1) is 24.2. The molecule has 6 rings (SSSR count). The van der Waals surface area contributed by atoms with Crippen molar-refractivity contribution in [3.63, 3.8) is 0 Å². The standard InChI is InChI=1S/C32H43ClN2O3S.C8H19N3/c1-4-7-24-16-28(33)13-14-29(24)27-19-35-18-26-11-10-23(26)9-6-5-8-21(2)22(3)39(37)34-32(36)25-12-15-31(38-20-27)30(35)17-25;1-11-7-2-3-9-4-5-10-6-8-11/h12-17,21-23,26-27H,4-11,18-20H2,1-3H3,(H,34,36);9-10H,2-8H2,1H3. The monoisotopic (exact) mass is 727 g/mol. The molecule has 0 radical (unpaired) electrons. The highest BCUT2D eigenvalue weighted by Gasteiger charge is 2.35. The van der Waals surface area contributed by atoms with E-state index in [1.165, 1.54) is 56.3 Å². The normalized spacial score (nSPS) is 28.7. The highest BCUT2D eigenvalue weighted by Crippen LogP contribution is 2.43. The predicted octanol–water partition coefficient (Wildman–Crippen LogP) is 6.79. The topological polar surface area (TPSA) is 85.9 Å². The first kappa shape index (κ1) is 39.0. The SMILES string of the molecule is CCCc1cc(Cl)ccc1C1COc2ccc3cc2N(C1)CC1CCC1CCCCC(C)C(C)S(=O)NC3=O.CN1CCCNCCNCC1. The van der Waals surface area contributed by atoms with Crippen LogP contribution in [0.25, 0.3) is 0 Å². The van der Waals surface area contributed by atoms with Crippen molar-refractivity contribution < 1.29 is 13.7 Å². The van der Waals surface area contributed by atoms with E-state index in [4.69, 9.17) is 16.3 Å². The molecule has 10 heteroatoms. The second kappa shape index (κ2) is 19.6. The molecule has 6 unspecified atom stereocenters. The number of hydrogen-bond donors (Lipinski definition) is 3. The number of nitrogens with zero attached hydrogens (tertiary/aromatic N) is 2. The van der Waals surface area contributed by atoms with E-state index >= 15 is 0 Å². The lowest BCUT2D eigenvalue weighted by Crippen LogP contribution is -2.40. The molecule has 3 N–H and O–H groups in total. The van der Waals surface area contributed by atoms with Crippen molar-refractivity contribution in [3.8, 4) is 5.75 Å². The number of nitrogens with one attached hydrogen (secondary N) is 3. The second-order valence-electron chi connectivity index (χ2n) is 15.1. The van der Waals surface area contributed by atoms with Gasteiger partial charge in [0.05, 0.1) is 17.5 Å². The van der Waals surface area contributed by atoms with Crippen LogP contribution in [0.1, 0.15) is 99.5 Å². The smallest absolute Gasteiger partial charge is 0.263 e. The Kier molecular flexibility index (Phi) is 15.3. The summed E-state index contributed by atoms with van der Waals surface area (Å²) < 4.78 is 22.3. The average Bonchev–Trinajstić information content (AvgIpc) is 3.28. The molecule has 2 aromatic carbocycles. The number of amides is 1. The molecule has 2 aromatic rings. The largest absolute Gasteiger partial charge is 0.491 e. The van der Waals surface area contributed by atoms with Crippen LogP contribution in [-0.2, 0) is 17.4 Å². The highest BCUT2D eigenvalue weighted by molar-refractivity contribution is 7.84. The number of ether oxygens (including phenoxy) is 1. The Bertz CT molecular complexity index is 1400. The quantitative estimate of drug-likeness (QED) is 0.321. The van der Waals surface area contributed by atoms with Gasteiger partial charge in [0.1, 0.15) is 16.7 Å². The summed E-state index contributed by atoms with van der Waals surface area (Å²) >= 11 is 6.39. The van der Waals surface area contributed by atoms with Gasteiger partial charge in [-0.15, -0.1) is 0 Å². The van der Waals surface area contributed by atoms with Crippen molar-refractivity contribution in [2.75, 3.05) is 70.9 Å². The molecule has 2 fully saturated rings. The maximum atomic E-state index is 13.2. The molecule has 6 atom stereocenters. The molecular weight excluding hydrogens is 666 g/mol. The van der Waals surface area contributed by atoms with Crippen molar-refractivity contribution in [2.45, 2.75) is 89.7 Å². The van der Waals surface area contributed by atoms with Gasteiger partial charge in [-0.05, 0) is 118 Å². The lowest BCUT2D eigenvalue weighted by molar-refractivity contribution is 0.0982. The number of benzene rings is 2.